The summed E-state index contributed by atoms with van der Waals surface area (Å²) in [6.45, 7) is 4.96. The van der Waals surface area contributed by atoms with E-state index < -0.39 is 0 Å². The van der Waals surface area contributed by atoms with E-state index in [4.69, 9.17) is 4.52 Å². The van der Waals surface area contributed by atoms with Crippen molar-refractivity contribution >= 4 is 5.95 Å². The SMILES string of the molecule is C[C@H](c1ccccc1)[C@@H](C)NCc1nc(N(C)C)no1. The third-order valence-corrected chi connectivity index (χ3v) is 3.51. The lowest BCUT2D eigenvalue weighted by Gasteiger charge is -2.20. The fraction of sp³-hybridized carbons (Fsp3) is 0.467. The van der Waals surface area contributed by atoms with E-state index in [-0.39, 0.29) is 0 Å². The van der Waals surface area contributed by atoms with Gasteiger partial charge in [-0.05, 0) is 23.6 Å². The summed E-state index contributed by atoms with van der Waals surface area (Å²) < 4.78 is 5.20. The zero-order chi connectivity index (χ0) is 14.5. The lowest BCUT2D eigenvalue weighted by molar-refractivity contribution is 0.352. The molecule has 2 atom stereocenters. The average molecular weight is 274 g/mol. The maximum absolute atomic E-state index is 5.20. The van der Waals surface area contributed by atoms with E-state index in [1.165, 1.54) is 5.56 Å². The number of nitrogens with zero attached hydrogens (tertiary/aromatic N) is 3. The summed E-state index contributed by atoms with van der Waals surface area (Å²) >= 11 is 0. The number of nitrogens with one attached hydrogen (secondary N) is 1. The summed E-state index contributed by atoms with van der Waals surface area (Å²) in [5.41, 5.74) is 1.33. The predicted octanol–water partition coefficient (Wildman–Crippen LogP) is 2.42. The van der Waals surface area contributed by atoms with Crippen molar-refractivity contribution in [1.82, 2.24) is 15.5 Å². The van der Waals surface area contributed by atoms with Crippen molar-refractivity contribution in [2.45, 2.75) is 32.4 Å². The molecule has 0 aliphatic heterocycles. The van der Waals surface area contributed by atoms with Crippen LogP contribution in [0.2, 0.25) is 0 Å². The molecule has 1 aromatic heterocycles. The predicted molar refractivity (Wildman–Crippen MR) is 79.8 cm³/mol. The van der Waals surface area contributed by atoms with Crippen LogP contribution in [0.5, 0.6) is 0 Å². The molecule has 2 aromatic rings. The van der Waals surface area contributed by atoms with Gasteiger partial charge in [0.25, 0.3) is 5.95 Å². The fourth-order valence-corrected chi connectivity index (χ4v) is 1.97. The Morgan fingerprint density at radius 3 is 2.50 bits per heavy atom. The highest BCUT2D eigenvalue weighted by Crippen LogP contribution is 2.18. The van der Waals surface area contributed by atoms with Crippen molar-refractivity contribution in [2.24, 2.45) is 0 Å². The molecule has 5 nitrogen and oxygen atoms in total. The quantitative estimate of drug-likeness (QED) is 0.876. The summed E-state index contributed by atoms with van der Waals surface area (Å²) in [6.07, 6.45) is 0. The molecular formula is C15H22N4O. The van der Waals surface area contributed by atoms with Crippen LogP contribution in [-0.2, 0) is 6.54 Å². The highest BCUT2D eigenvalue weighted by Gasteiger charge is 2.15. The molecule has 0 radical (unpaired) electrons. The van der Waals surface area contributed by atoms with Gasteiger partial charge in [0, 0.05) is 20.1 Å². The Hall–Kier alpha value is -1.88. The highest BCUT2D eigenvalue weighted by atomic mass is 16.5. The molecule has 0 spiro atoms. The Morgan fingerprint density at radius 1 is 1.20 bits per heavy atom. The molecular weight excluding hydrogens is 252 g/mol. The second-order valence-corrected chi connectivity index (χ2v) is 5.25. The molecule has 1 aromatic carbocycles. The monoisotopic (exact) mass is 274 g/mol. The number of anilines is 1. The highest BCUT2D eigenvalue weighted by molar-refractivity contribution is 5.23. The largest absolute Gasteiger partial charge is 0.344 e. The summed E-state index contributed by atoms with van der Waals surface area (Å²) in [5.74, 6) is 1.64. The van der Waals surface area contributed by atoms with Crippen LogP contribution in [0, 0.1) is 0 Å². The Kier molecular flexibility index (Phi) is 4.74. The molecule has 0 aliphatic carbocycles. The molecule has 108 valence electrons. The third kappa shape index (κ3) is 3.57. The lowest BCUT2D eigenvalue weighted by Crippen LogP contribution is -2.30. The first-order valence-electron chi connectivity index (χ1n) is 6.86. The molecule has 1 heterocycles. The molecule has 0 saturated carbocycles. The van der Waals surface area contributed by atoms with Crippen LogP contribution in [0.4, 0.5) is 5.95 Å². The first kappa shape index (κ1) is 14.5. The zero-order valence-corrected chi connectivity index (χ0v) is 12.5. The van der Waals surface area contributed by atoms with Crippen LogP contribution < -0.4 is 10.2 Å². The second-order valence-electron chi connectivity index (χ2n) is 5.25. The minimum absolute atomic E-state index is 0.326. The Labute approximate surface area is 120 Å². The van der Waals surface area contributed by atoms with Gasteiger partial charge in [-0.3, -0.25) is 0 Å². The van der Waals surface area contributed by atoms with Gasteiger partial charge in [0.2, 0.25) is 5.89 Å². The number of benzene rings is 1. The van der Waals surface area contributed by atoms with Crippen molar-refractivity contribution in [3.05, 3.63) is 41.8 Å². The van der Waals surface area contributed by atoms with Crippen molar-refractivity contribution < 1.29 is 4.52 Å². The van der Waals surface area contributed by atoms with Gasteiger partial charge in [-0.25, -0.2) is 0 Å². The molecule has 0 fully saturated rings. The van der Waals surface area contributed by atoms with Crippen LogP contribution in [0.3, 0.4) is 0 Å². The van der Waals surface area contributed by atoms with Crippen molar-refractivity contribution in [1.29, 1.82) is 0 Å². The van der Waals surface area contributed by atoms with E-state index in [2.05, 4.69) is 53.6 Å². The van der Waals surface area contributed by atoms with E-state index in [0.29, 0.717) is 30.3 Å². The normalized spacial score (nSPS) is 14.0. The van der Waals surface area contributed by atoms with Crippen LogP contribution in [0.25, 0.3) is 0 Å². The summed E-state index contributed by atoms with van der Waals surface area (Å²) in [6, 6.07) is 10.8. The average Bonchev–Trinajstić information content (AvgIpc) is 2.94. The van der Waals surface area contributed by atoms with Gasteiger partial charge < -0.3 is 14.7 Å². The number of hydrogen-bond donors (Lipinski definition) is 1. The van der Waals surface area contributed by atoms with E-state index in [1.54, 1.807) is 0 Å². The molecule has 0 amide bonds. The van der Waals surface area contributed by atoms with Crippen molar-refractivity contribution in [3.63, 3.8) is 0 Å². The van der Waals surface area contributed by atoms with Crippen LogP contribution >= 0.6 is 0 Å². The molecule has 0 bridgehead atoms. The van der Waals surface area contributed by atoms with Crippen molar-refractivity contribution in [3.8, 4) is 0 Å². The molecule has 0 saturated heterocycles. The molecule has 5 heteroatoms. The van der Waals surface area contributed by atoms with Crippen LogP contribution in [0.15, 0.2) is 34.9 Å². The number of hydrogen-bond acceptors (Lipinski definition) is 5. The summed E-state index contributed by atoms with van der Waals surface area (Å²) in [7, 11) is 3.78. The number of aromatic nitrogens is 2. The first-order valence-corrected chi connectivity index (χ1v) is 6.86. The standard InChI is InChI=1S/C15H22N4O/c1-11(13-8-6-5-7-9-13)12(2)16-10-14-17-15(18-20-14)19(3)4/h5-9,11-12,16H,10H2,1-4H3/t11-,12+/m0/s1. The van der Waals surface area contributed by atoms with Gasteiger partial charge in [-0.15, -0.1) is 0 Å². The molecule has 0 aliphatic rings. The second kappa shape index (κ2) is 6.52. The molecule has 1 N–H and O–H groups in total. The number of rotatable bonds is 6. The van der Waals surface area contributed by atoms with Gasteiger partial charge in [0.05, 0.1) is 6.54 Å². The fourth-order valence-electron chi connectivity index (χ4n) is 1.97. The molecule has 20 heavy (non-hydrogen) atoms. The van der Waals surface area contributed by atoms with Crippen LogP contribution in [0.1, 0.15) is 31.2 Å². The Morgan fingerprint density at radius 2 is 1.90 bits per heavy atom. The minimum Gasteiger partial charge on any atom is -0.344 e. The Bertz CT molecular complexity index is 524. The molecule has 2 rings (SSSR count). The van der Waals surface area contributed by atoms with E-state index in [9.17, 15) is 0 Å². The molecule has 0 unspecified atom stereocenters. The Balaban J connectivity index is 1.89. The van der Waals surface area contributed by atoms with Gasteiger partial charge in [0.15, 0.2) is 0 Å². The van der Waals surface area contributed by atoms with Gasteiger partial charge >= 0.3 is 0 Å². The van der Waals surface area contributed by atoms with Gasteiger partial charge in [-0.1, -0.05) is 37.3 Å². The van der Waals surface area contributed by atoms with Crippen molar-refractivity contribution in [2.75, 3.05) is 19.0 Å². The van der Waals surface area contributed by atoms with Gasteiger partial charge in [0.1, 0.15) is 0 Å². The summed E-state index contributed by atoms with van der Waals surface area (Å²) in [4.78, 5) is 6.12. The summed E-state index contributed by atoms with van der Waals surface area (Å²) in [5, 5.41) is 7.33. The maximum Gasteiger partial charge on any atom is 0.265 e. The van der Waals surface area contributed by atoms with Gasteiger partial charge in [-0.2, -0.15) is 4.98 Å². The van der Waals surface area contributed by atoms with E-state index >= 15 is 0 Å². The first-order chi connectivity index (χ1) is 9.58. The van der Waals surface area contributed by atoms with E-state index in [1.807, 2.05) is 25.1 Å². The maximum atomic E-state index is 5.20. The topological polar surface area (TPSA) is 54.2 Å². The minimum atomic E-state index is 0.326. The van der Waals surface area contributed by atoms with Crippen LogP contribution in [-0.4, -0.2) is 30.3 Å². The lowest BCUT2D eigenvalue weighted by atomic mass is 9.94. The van der Waals surface area contributed by atoms with E-state index in [0.717, 1.165) is 0 Å². The zero-order valence-electron chi connectivity index (χ0n) is 12.5. The smallest absolute Gasteiger partial charge is 0.265 e. The third-order valence-electron chi connectivity index (χ3n) is 3.51.